The molecule has 0 aromatic carbocycles. The van der Waals surface area contributed by atoms with Crippen LogP contribution in [0, 0.1) is 0 Å². The third-order valence-corrected chi connectivity index (χ3v) is 3.23. The SMILES string of the molecule is Cn1cccc1CNC(=O)c1cnc(Cl)c(Cl)c1. The molecule has 4 nitrogen and oxygen atoms in total. The smallest absolute Gasteiger partial charge is 0.253 e. The number of hydrogen-bond donors (Lipinski definition) is 1. The number of carbonyl (C=O) groups is 1. The van der Waals surface area contributed by atoms with E-state index in [1.54, 1.807) is 0 Å². The molecule has 1 amide bonds. The van der Waals surface area contributed by atoms with Gasteiger partial charge in [-0.1, -0.05) is 23.2 Å². The van der Waals surface area contributed by atoms with Crippen LogP contribution in [0.25, 0.3) is 0 Å². The first-order valence-electron chi connectivity index (χ1n) is 5.27. The number of aromatic nitrogens is 2. The fraction of sp³-hybridized carbons (Fsp3) is 0.167. The van der Waals surface area contributed by atoms with E-state index in [2.05, 4.69) is 10.3 Å². The lowest BCUT2D eigenvalue weighted by atomic mass is 10.2. The van der Waals surface area contributed by atoms with Gasteiger partial charge < -0.3 is 9.88 Å². The third kappa shape index (κ3) is 2.83. The first-order chi connectivity index (χ1) is 8.58. The first kappa shape index (κ1) is 12.9. The van der Waals surface area contributed by atoms with Gasteiger partial charge in [0.2, 0.25) is 0 Å². The van der Waals surface area contributed by atoms with Crippen molar-refractivity contribution in [1.82, 2.24) is 14.9 Å². The van der Waals surface area contributed by atoms with E-state index in [1.807, 2.05) is 29.9 Å². The molecule has 2 aromatic rings. The van der Waals surface area contributed by atoms with Gasteiger partial charge in [-0.2, -0.15) is 0 Å². The molecule has 0 aliphatic carbocycles. The van der Waals surface area contributed by atoms with Gasteiger partial charge in [-0.05, 0) is 18.2 Å². The van der Waals surface area contributed by atoms with Crippen molar-refractivity contribution in [2.75, 3.05) is 0 Å². The van der Waals surface area contributed by atoms with Gasteiger partial charge in [-0.25, -0.2) is 4.98 Å². The zero-order valence-corrected chi connectivity index (χ0v) is 11.2. The molecule has 94 valence electrons. The van der Waals surface area contributed by atoms with Gasteiger partial charge in [0.1, 0.15) is 5.15 Å². The van der Waals surface area contributed by atoms with Crippen molar-refractivity contribution in [2.45, 2.75) is 6.54 Å². The Morgan fingerprint density at radius 1 is 1.50 bits per heavy atom. The molecule has 0 unspecified atom stereocenters. The topological polar surface area (TPSA) is 46.9 Å². The maximum Gasteiger partial charge on any atom is 0.253 e. The second kappa shape index (κ2) is 5.42. The van der Waals surface area contributed by atoms with E-state index in [-0.39, 0.29) is 16.1 Å². The quantitative estimate of drug-likeness (QED) is 0.881. The van der Waals surface area contributed by atoms with Crippen LogP contribution in [0.4, 0.5) is 0 Å². The molecule has 0 atom stereocenters. The lowest BCUT2D eigenvalue weighted by Gasteiger charge is -2.06. The highest BCUT2D eigenvalue weighted by Gasteiger charge is 2.09. The summed E-state index contributed by atoms with van der Waals surface area (Å²) in [6.07, 6.45) is 3.32. The van der Waals surface area contributed by atoms with Crippen LogP contribution in [0.5, 0.6) is 0 Å². The Balaban J connectivity index is 2.04. The number of carbonyl (C=O) groups excluding carboxylic acids is 1. The van der Waals surface area contributed by atoms with Crippen LogP contribution in [-0.2, 0) is 13.6 Å². The fourth-order valence-electron chi connectivity index (χ4n) is 1.50. The van der Waals surface area contributed by atoms with E-state index in [4.69, 9.17) is 23.2 Å². The summed E-state index contributed by atoms with van der Waals surface area (Å²) in [6.45, 7) is 0.447. The summed E-state index contributed by atoms with van der Waals surface area (Å²) in [4.78, 5) is 15.7. The molecule has 2 heterocycles. The Morgan fingerprint density at radius 3 is 2.89 bits per heavy atom. The van der Waals surface area contributed by atoms with Gasteiger partial charge in [-0.15, -0.1) is 0 Å². The second-order valence-corrected chi connectivity index (χ2v) is 4.55. The second-order valence-electron chi connectivity index (χ2n) is 3.79. The average Bonchev–Trinajstić information content (AvgIpc) is 2.75. The van der Waals surface area contributed by atoms with Gasteiger partial charge in [-0.3, -0.25) is 4.79 Å². The monoisotopic (exact) mass is 283 g/mol. The summed E-state index contributed by atoms with van der Waals surface area (Å²) in [5, 5.41) is 3.24. The van der Waals surface area contributed by atoms with Crippen molar-refractivity contribution in [3.8, 4) is 0 Å². The maximum absolute atomic E-state index is 11.9. The van der Waals surface area contributed by atoms with Crippen molar-refractivity contribution in [1.29, 1.82) is 0 Å². The molecule has 0 saturated carbocycles. The number of halogens is 2. The van der Waals surface area contributed by atoms with Crippen LogP contribution in [0.3, 0.4) is 0 Å². The molecule has 0 spiro atoms. The first-order valence-corrected chi connectivity index (χ1v) is 6.03. The minimum atomic E-state index is -0.234. The zero-order valence-electron chi connectivity index (χ0n) is 9.65. The van der Waals surface area contributed by atoms with E-state index in [9.17, 15) is 4.79 Å². The van der Waals surface area contributed by atoms with Crippen molar-refractivity contribution >= 4 is 29.1 Å². The van der Waals surface area contributed by atoms with Crippen molar-refractivity contribution in [2.24, 2.45) is 7.05 Å². The largest absolute Gasteiger partial charge is 0.353 e. The number of nitrogens with zero attached hydrogens (tertiary/aromatic N) is 2. The van der Waals surface area contributed by atoms with Crippen molar-refractivity contribution in [3.05, 3.63) is 52.0 Å². The molecule has 18 heavy (non-hydrogen) atoms. The van der Waals surface area contributed by atoms with Gasteiger partial charge in [0.15, 0.2) is 0 Å². The van der Waals surface area contributed by atoms with Crippen LogP contribution < -0.4 is 5.32 Å². The molecule has 1 N–H and O–H groups in total. The number of pyridine rings is 1. The van der Waals surface area contributed by atoms with Crippen LogP contribution >= 0.6 is 23.2 Å². The average molecular weight is 284 g/mol. The molecule has 2 aromatic heterocycles. The van der Waals surface area contributed by atoms with Crippen LogP contribution in [0.2, 0.25) is 10.2 Å². The normalized spacial score (nSPS) is 10.4. The highest BCUT2D eigenvalue weighted by molar-refractivity contribution is 6.41. The molecule has 0 saturated heterocycles. The lowest BCUT2D eigenvalue weighted by Crippen LogP contribution is -2.24. The Labute approximate surface area is 115 Å². The summed E-state index contributed by atoms with van der Waals surface area (Å²) in [5.74, 6) is -0.234. The van der Waals surface area contributed by atoms with Crippen LogP contribution in [-0.4, -0.2) is 15.5 Å². The number of rotatable bonds is 3. The van der Waals surface area contributed by atoms with E-state index in [0.29, 0.717) is 12.1 Å². The Hall–Kier alpha value is -1.52. The molecule has 0 radical (unpaired) electrons. The Morgan fingerprint density at radius 2 is 2.28 bits per heavy atom. The molecule has 6 heteroatoms. The molecular formula is C12H11Cl2N3O. The van der Waals surface area contributed by atoms with E-state index in [0.717, 1.165) is 5.69 Å². The van der Waals surface area contributed by atoms with Crippen molar-refractivity contribution in [3.63, 3.8) is 0 Å². The van der Waals surface area contributed by atoms with E-state index < -0.39 is 0 Å². The molecule has 0 bridgehead atoms. The maximum atomic E-state index is 11.9. The zero-order chi connectivity index (χ0) is 13.1. The lowest BCUT2D eigenvalue weighted by molar-refractivity contribution is 0.0950. The van der Waals surface area contributed by atoms with Gasteiger partial charge in [0, 0.05) is 25.1 Å². The van der Waals surface area contributed by atoms with Crippen molar-refractivity contribution < 1.29 is 4.79 Å². The predicted molar refractivity (Wildman–Crippen MR) is 70.8 cm³/mol. The van der Waals surface area contributed by atoms with E-state index >= 15 is 0 Å². The predicted octanol–water partition coefficient (Wildman–Crippen LogP) is 2.66. The standard InChI is InChI=1S/C12H11Cl2N3O/c1-17-4-2-3-9(17)7-16-12(18)8-5-10(13)11(14)15-6-8/h2-6H,7H2,1H3,(H,16,18). The summed E-state index contributed by atoms with van der Waals surface area (Å²) >= 11 is 11.5. The Bertz CT molecular complexity index is 580. The minimum Gasteiger partial charge on any atom is -0.353 e. The number of nitrogens with one attached hydrogen (secondary N) is 1. The summed E-state index contributed by atoms with van der Waals surface area (Å²) in [7, 11) is 1.92. The van der Waals surface area contributed by atoms with Gasteiger partial charge >= 0.3 is 0 Å². The van der Waals surface area contributed by atoms with E-state index in [1.165, 1.54) is 12.3 Å². The molecule has 0 aliphatic heterocycles. The number of aryl methyl sites for hydroxylation is 1. The fourth-order valence-corrected chi connectivity index (χ4v) is 1.77. The highest BCUT2D eigenvalue weighted by Crippen LogP contribution is 2.19. The molecule has 0 fully saturated rings. The number of amides is 1. The third-order valence-electron chi connectivity index (χ3n) is 2.54. The molecular weight excluding hydrogens is 273 g/mol. The summed E-state index contributed by atoms with van der Waals surface area (Å²) in [5.41, 5.74) is 1.40. The van der Waals surface area contributed by atoms with Gasteiger partial charge in [0.05, 0.1) is 17.1 Å². The molecule has 2 rings (SSSR count). The van der Waals surface area contributed by atoms with Crippen LogP contribution in [0.1, 0.15) is 16.1 Å². The molecule has 0 aliphatic rings. The highest BCUT2D eigenvalue weighted by atomic mass is 35.5. The minimum absolute atomic E-state index is 0.190. The van der Waals surface area contributed by atoms with Crippen LogP contribution in [0.15, 0.2) is 30.6 Å². The number of hydrogen-bond acceptors (Lipinski definition) is 2. The summed E-state index contributed by atoms with van der Waals surface area (Å²) < 4.78 is 1.94. The summed E-state index contributed by atoms with van der Waals surface area (Å²) in [6, 6.07) is 5.35. The van der Waals surface area contributed by atoms with Gasteiger partial charge in [0.25, 0.3) is 5.91 Å². The Kier molecular flexibility index (Phi) is 3.89.